The number of nitrogens with zero attached hydrogens (tertiary/aromatic N) is 2. The molecule has 1 saturated heterocycles. The molecule has 1 N–H and O–H groups in total. The summed E-state index contributed by atoms with van der Waals surface area (Å²) in [6.07, 6.45) is 0. The fourth-order valence-electron chi connectivity index (χ4n) is 2.13. The summed E-state index contributed by atoms with van der Waals surface area (Å²) in [5.41, 5.74) is 0.00917. The Bertz CT molecular complexity index is 628. The van der Waals surface area contributed by atoms with Gasteiger partial charge in [-0.05, 0) is 19.1 Å². The molecule has 1 heterocycles. The minimum Gasteiger partial charge on any atom is -0.314 e. The molecule has 110 valence electrons. The van der Waals surface area contributed by atoms with E-state index in [1.807, 2.05) is 13.0 Å². The normalized spacial score (nSPS) is 19.9. The van der Waals surface area contributed by atoms with Gasteiger partial charge in [0, 0.05) is 25.7 Å². The molecule has 2 rings (SSSR count). The van der Waals surface area contributed by atoms with Crippen LogP contribution < -0.4 is 5.32 Å². The Hall–Kier alpha value is -0.840. The first-order valence-electron chi connectivity index (χ1n) is 5.89. The molecule has 1 atom stereocenters. The maximum Gasteiger partial charge on any atom is 0.244 e. The second kappa shape index (κ2) is 6.74. The SMILES string of the molecule is CC1CNCCN1S(=O)(=O)c1cccc(Cl)c1C#N.Cl. The molecule has 1 aliphatic rings. The Balaban J connectivity index is 0.00000200. The number of piperazine rings is 1. The topological polar surface area (TPSA) is 73.2 Å². The molecule has 0 amide bonds. The molecular weight excluding hydrogens is 321 g/mol. The third-order valence-corrected chi connectivity index (χ3v) is 5.49. The molecule has 0 bridgehead atoms. The average molecular weight is 336 g/mol. The van der Waals surface area contributed by atoms with Crippen molar-refractivity contribution in [1.82, 2.24) is 9.62 Å². The zero-order valence-electron chi connectivity index (χ0n) is 10.8. The first kappa shape index (κ1) is 17.2. The van der Waals surface area contributed by atoms with Gasteiger partial charge in [-0.1, -0.05) is 17.7 Å². The van der Waals surface area contributed by atoms with Gasteiger partial charge in [0.25, 0.3) is 0 Å². The van der Waals surface area contributed by atoms with E-state index in [-0.39, 0.29) is 33.9 Å². The molecule has 1 aromatic carbocycles. The van der Waals surface area contributed by atoms with Crippen molar-refractivity contribution in [3.8, 4) is 6.07 Å². The summed E-state index contributed by atoms with van der Waals surface area (Å²) in [5, 5.41) is 12.4. The van der Waals surface area contributed by atoms with E-state index < -0.39 is 10.0 Å². The van der Waals surface area contributed by atoms with Crippen molar-refractivity contribution in [3.63, 3.8) is 0 Å². The summed E-state index contributed by atoms with van der Waals surface area (Å²) >= 11 is 5.89. The number of benzene rings is 1. The van der Waals surface area contributed by atoms with Gasteiger partial charge in [0.05, 0.1) is 10.6 Å². The van der Waals surface area contributed by atoms with E-state index in [1.54, 1.807) is 6.07 Å². The predicted octanol–water partition coefficient (Wildman–Crippen LogP) is 1.62. The van der Waals surface area contributed by atoms with E-state index in [2.05, 4.69) is 5.32 Å². The standard InChI is InChI=1S/C12H14ClN3O2S.ClH/c1-9-8-15-5-6-16(9)19(17,18)12-4-2-3-11(13)10(12)7-14;/h2-4,9,15H,5-6,8H2,1H3;1H. The molecule has 20 heavy (non-hydrogen) atoms. The highest BCUT2D eigenvalue weighted by Gasteiger charge is 2.33. The van der Waals surface area contributed by atoms with Crippen molar-refractivity contribution >= 4 is 34.0 Å². The summed E-state index contributed by atoms with van der Waals surface area (Å²) < 4.78 is 26.6. The van der Waals surface area contributed by atoms with Gasteiger partial charge < -0.3 is 5.32 Å². The summed E-state index contributed by atoms with van der Waals surface area (Å²) in [6.45, 7) is 3.43. The Morgan fingerprint density at radius 2 is 2.20 bits per heavy atom. The Morgan fingerprint density at radius 1 is 1.50 bits per heavy atom. The molecule has 8 heteroatoms. The van der Waals surface area contributed by atoms with Crippen LogP contribution >= 0.6 is 24.0 Å². The number of hydrogen-bond donors (Lipinski definition) is 1. The lowest BCUT2D eigenvalue weighted by Gasteiger charge is -2.33. The van der Waals surface area contributed by atoms with Crippen molar-refractivity contribution in [2.24, 2.45) is 0 Å². The first-order chi connectivity index (χ1) is 8.98. The molecule has 1 unspecified atom stereocenters. The maximum atomic E-state index is 12.6. The molecule has 1 aliphatic heterocycles. The number of sulfonamides is 1. The van der Waals surface area contributed by atoms with E-state index in [0.717, 1.165) is 0 Å². The van der Waals surface area contributed by atoms with Crippen LogP contribution in [0.5, 0.6) is 0 Å². The van der Waals surface area contributed by atoms with Crippen LogP contribution in [0.2, 0.25) is 5.02 Å². The van der Waals surface area contributed by atoms with Gasteiger partial charge >= 0.3 is 0 Å². The summed E-state index contributed by atoms with van der Waals surface area (Å²) in [6, 6.07) is 6.21. The maximum absolute atomic E-state index is 12.6. The quantitative estimate of drug-likeness (QED) is 0.891. The average Bonchev–Trinajstić information content (AvgIpc) is 2.38. The lowest BCUT2D eigenvalue weighted by atomic mass is 10.2. The first-order valence-corrected chi connectivity index (χ1v) is 7.71. The van der Waals surface area contributed by atoms with Gasteiger partial charge in [0.2, 0.25) is 10.0 Å². The Morgan fingerprint density at radius 3 is 2.80 bits per heavy atom. The Labute approximate surface area is 130 Å². The second-order valence-corrected chi connectivity index (χ2v) is 6.66. The van der Waals surface area contributed by atoms with Crippen LogP contribution in [0.15, 0.2) is 23.1 Å². The fraction of sp³-hybridized carbons (Fsp3) is 0.417. The van der Waals surface area contributed by atoms with E-state index >= 15 is 0 Å². The van der Waals surface area contributed by atoms with Crippen molar-refractivity contribution in [3.05, 3.63) is 28.8 Å². The summed E-state index contributed by atoms with van der Waals surface area (Å²) in [4.78, 5) is -0.0174. The molecule has 0 aliphatic carbocycles. The van der Waals surface area contributed by atoms with E-state index in [9.17, 15) is 8.42 Å². The highest BCUT2D eigenvalue weighted by atomic mass is 35.5. The minimum atomic E-state index is -3.69. The monoisotopic (exact) mass is 335 g/mol. The lowest BCUT2D eigenvalue weighted by molar-refractivity contribution is 0.284. The number of nitriles is 1. The molecule has 0 spiro atoms. The van der Waals surface area contributed by atoms with Crippen LogP contribution in [0.3, 0.4) is 0 Å². The Kier molecular flexibility index (Phi) is 5.80. The van der Waals surface area contributed by atoms with Crippen LogP contribution in [0, 0.1) is 11.3 Å². The number of halogens is 2. The van der Waals surface area contributed by atoms with Gasteiger partial charge in [-0.25, -0.2) is 8.42 Å². The molecular formula is C12H15Cl2N3O2S. The molecule has 1 fully saturated rings. The largest absolute Gasteiger partial charge is 0.314 e. The highest BCUT2D eigenvalue weighted by Crippen LogP contribution is 2.27. The zero-order valence-corrected chi connectivity index (χ0v) is 13.2. The third-order valence-electron chi connectivity index (χ3n) is 3.11. The van der Waals surface area contributed by atoms with Gasteiger partial charge in [0.15, 0.2) is 0 Å². The van der Waals surface area contributed by atoms with Crippen LogP contribution in [-0.2, 0) is 10.0 Å². The molecule has 5 nitrogen and oxygen atoms in total. The zero-order chi connectivity index (χ0) is 14.0. The van der Waals surface area contributed by atoms with E-state index in [0.29, 0.717) is 19.6 Å². The molecule has 0 radical (unpaired) electrons. The van der Waals surface area contributed by atoms with E-state index in [4.69, 9.17) is 16.9 Å². The van der Waals surface area contributed by atoms with Gasteiger partial charge in [-0.3, -0.25) is 0 Å². The molecule has 0 aromatic heterocycles. The fourth-order valence-corrected chi connectivity index (χ4v) is 4.20. The molecule has 1 aromatic rings. The smallest absolute Gasteiger partial charge is 0.244 e. The number of rotatable bonds is 2. The summed E-state index contributed by atoms with van der Waals surface area (Å²) in [7, 11) is -3.69. The minimum absolute atomic E-state index is 0. The number of nitrogens with one attached hydrogen (secondary N) is 1. The van der Waals surface area contributed by atoms with Crippen LogP contribution in [0.1, 0.15) is 12.5 Å². The highest BCUT2D eigenvalue weighted by molar-refractivity contribution is 7.89. The van der Waals surface area contributed by atoms with Gasteiger partial charge in [0.1, 0.15) is 11.0 Å². The van der Waals surface area contributed by atoms with E-state index in [1.165, 1.54) is 16.4 Å². The number of hydrogen-bond acceptors (Lipinski definition) is 4. The van der Waals surface area contributed by atoms with Crippen molar-refractivity contribution in [1.29, 1.82) is 5.26 Å². The third kappa shape index (κ3) is 3.08. The molecule has 0 saturated carbocycles. The van der Waals surface area contributed by atoms with Crippen molar-refractivity contribution in [2.75, 3.05) is 19.6 Å². The predicted molar refractivity (Wildman–Crippen MR) is 79.6 cm³/mol. The summed E-state index contributed by atoms with van der Waals surface area (Å²) in [5.74, 6) is 0. The van der Waals surface area contributed by atoms with Crippen LogP contribution in [0.25, 0.3) is 0 Å². The lowest BCUT2D eigenvalue weighted by Crippen LogP contribution is -2.52. The van der Waals surface area contributed by atoms with Gasteiger partial charge in [-0.2, -0.15) is 9.57 Å². The van der Waals surface area contributed by atoms with Gasteiger partial charge in [-0.15, -0.1) is 12.4 Å². The second-order valence-electron chi connectivity index (χ2n) is 4.39. The van der Waals surface area contributed by atoms with Crippen LogP contribution in [0.4, 0.5) is 0 Å². The van der Waals surface area contributed by atoms with Crippen LogP contribution in [-0.4, -0.2) is 38.4 Å². The van der Waals surface area contributed by atoms with Crippen molar-refractivity contribution in [2.45, 2.75) is 17.9 Å². The van der Waals surface area contributed by atoms with Crippen molar-refractivity contribution < 1.29 is 8.42 Å².